The van der Waals surface area contributed by atoms with Gasteiger partial charge < -0.3 is 5.32 Å². The van der Waals surface area contributed by atoms with Crippen molar-refractivity contribution in [2.45, 2.75) is 29.1 Å². The molecule has 1 aromatic heterocycles. The van der Waals surface area contributed by atoms with E-state index < -0.39 is 40.9 Å². The topological polar surface area (TPSA) is 87.3 Å². The molecule has 0 aliphatic carbocycles. The van der Waals surface area contributed by atoms with Crippen LogP contribution >= 0.6 is 11.3 Å². The number of halogens is 2. The third-order valence-electron chi connectivity index (χ3n) is 3.03. The van der Waals surface area contributed by atoms with Crippen LogP contribution in [-0.4, -0.2) is 39.9 Å². The monoisotopic (exact) mass is 339 g/mol. The van der Waals surface area contributed by atoms with Gasteiger partial charge in [-0.1, -0.05) is 0 Å². The second-order valence-electron chi connectivity index (χ2n) is 4.64. The molecule has 1 fully saturated rings. The lowest BCUT2D eigenvalue weighted by Crippen LogP contribution is -2.39. The van der Waals surface area contributed by atoms with Crippen molar-refractivity contribution in [3.8, 4) is 0 Å². The van der Waals surface area contributed by atoms with Crippen LogP contribution in [0, 0.1) is 0 Å². The van der Waals surface area contributed by atoms with E-state index >= 15 is 0 Å². The van der Waals surface area contributed by atoms with Crippen molar-refractivity contribution in [1.29, 1.82) is 0 Å². The lowest BCUT2D eigenvalue weighted by atomic mass is 10.2. The molecular formula is C11H15F2N3O3S2. The summed E-state index contributed by atoms with van der Waals surface area (Å²) in [6.07, 6.45) is -0.525. The molecule has 1 atom stereocenters. The maximum Gasteiger partial charge on any atom is 0.262 e. The van der Waals surface area contributed by atoms with E-state index in [0.717, 1.165) is 11.3 Å². The number of sulfonamides is 1. The van der Waals surface area contributed by atoms with Gasteiger partial charge in [0.2, 0.25) is 15.9 Å². The van der Waals surface area contributed by atoms with Crippen molar-refractivity contribution in [2.24, 2.45) is 0 Å². The van der Waals surface area contributed by atoms with E-state index in [0.29, 0.717) is 4.88 Å². The molecule has 3 N–H and O–H groups in total. The summed E-state index contributed by atoms with van der Waals surface area (Å²) in [5.74, 6) is -3.38. The maximum absolute atomic E-state index is 13.0. The van der Waals surface area contributed by atoms with E-state index in [1.807, 2.05) is 0 Å². The summed E-state index contributed by atoms with van der Waals surface area (Å²) in [5.41, 5.74) is 0. The molecule has 0 spiro atoms. The molecule has 0 aromatic carbocycles. The number of carbonyl (C=O) groups excluding carboxylic acids is 1. The zero-order valence-electron chi connectivity index (χ0n) is 11.2. The van der Waals surface area contributed by atoms with Crippen molar-refractivity contribution in [1.82, 2.24) is 15.4 Å². The van der Waals surface area contributed by atoms with Crippen LogP contribution in [0.15, 0.2) is 16.3 Å². The summed E-state index contributed by atoms with van der Waals surface area (Å²) in [6, 6.07) is 2.09. The van der Waals surface area contributed by atoms with Crippen molar-refractivity contribution >= 4 is 27.3 Å². The summed E-state index contributed by atoms with van der Waals surface area (Å²) in [6.45, 7) is -0.402. The third kappa shape index (κ3) is 3.96. The van der Waals surface area contributed by atoms with E-state index in [1.165, 1.54) is 13.1 Å². The first-order chi connectivity index (χ1) is 9.73. The highest BCUT2D eigenvalue weighted by Gasteiger charge is 2.42. The molecule has 21 heavy (non-hydrogen) atoms. The Kier molecular flexibility index (Phi) is 4.61. The largest absolute Gasteiger partial charge is 0.350 e. The number of carbonyl (C=O) groups is 1. The highest BCUT2D eigenvalue weighted by Crippen LogP contribution is 2.25. The molecule has 6 nitrogen and oxygen atoms in total. The van der Waals surface area contributed by atoms with Crippen LogP contribution in [0.25, 0.3) is 0 Å². The van der Waals surface area contributed by atoms with Gasteiger partial charge in [-0.05, 0) is 19.2 Å². The minimum atomic E-state index is -3.50. The number of alkyl halides is 2. The summed E-state index contributed by atoms with van der Waals surface area (Å²) in [5, 5.41) is 4.98. The van der Waals surface area contributed by atoms with Gasteiger partial charge in [-0.3, -0.25) is 10.1 Å². The maximum atomic E-state index is 13.0. The molecule has 2 heterocycles. The first-order valence-corrected chi connectivity index (χ1v) is 8.45. The van der Waals surface area contributed by atoms with E-state index in [4.69, 9.17) is 0 Å². The van der Waals surface area contributed by atoms with E-state index in [9.17, 15) is 22.0 Å². The number of hydrogen-bond donors (Lipinski definition) is 3. The fourth-order valence-electron chi connectivity index (χ4n) is 1.90. The molecule has 118 valence electrons. The molecule has 2 rings (SSSR count). The van der Waals surface area contributed by atoms with Gasteiger partial charge in [0.05, 0.1) is 19.1 Å². The van der Waals surface area contributed by atoms with Gasteiger partial charge in [0.25, 0.3) is 5.92 Å². The average Bonchev–Trinajstić information content (AvgIpc) is 3.02. The Bertz CT molecular complexity index is 630. The standard InChI is InChI=1S/C11H15F2N3O3S2/c1-14-21(18,19)9-3-2-7(20-9)5-15-10(17)8-4-11(12,13)6-16-8/h2-3,8,14,16H,4-6H2,1H3,(H,15,17). The van der Waals surface area contributed by atoms with Crippen LogP contribution in [0.3, 0.4) is 0 Å². The number of nitrogens with one attached hydrogen (secondary N) is 3. The summed E-state index contributed by atoms with van der Waals surface area (Å²) >= 11 is 1.01. The number of thiophene rings is 1. The zero-order chi connectivity index (χ0) is 15.7. The van der Waals surface area contributed by atoms with Crippen LogP contribution in [-0.2, 0) is 21.4 Å². The minimum Gasteiger partial charge on any atom is -0.350 e. The van der Waals surface area contributed by atoms with Crippen molar-refractivity contribution in [2.75, 3.05) is 13.6 Å². The lowest BCUT2D eigenvalue weighted by molar-refractivity contribution is -0.123. The van der Waals surface area contributed by atoms with Gasteiger partial charge in [-0.25, -0.2) is 21.9 Å². The van der Waals surface area contributed by atoms with Crippen LogP contribution in [0.1, 0.15) is 11.3 Å². The molecule has 0 radical (unpaired) electrons. The van der Waals surface area contributed by atoms with Crippen molar-refractivity contribution in [3.05, 3.63) is 17.0 Å². The minimum absolute atomic E-state index is 0.104. The Hall–Kier alpha value is -1.10. The molecule has 1 aliphatic heterocycles. The SMILES string of the molecule is CNS(=O)(=O)c1ccc(CNC(=O)C2CC(F)(F)CN2)s1. The predicted molar refractivity (Wildman–Crippen MR) is 73.8 cm³/mol. The van der Waals surface area contributed by atoms with Gasteiger partial charge in [-0.2, -0.15) is 0 Å². The molecule has 1 saturated heterocycles. The van der Waals surface area contributed by atoms with E-state index in [2.05, 4.69) is 15.4 Å². The van der Waals surface area contributed by atoms with Crippen LogP contribution in [0.2, 0.25) is 0 Å². The Morgan fingerprint density at radius 3 is 2.81 bits per heavy atom. The quantitative estimate of drug-likeness (QED) is 0.719. The lowest BCUT2D eigenvalue weighted by Gasteiger charge is -2.10. The third-order valence-corrected chi connectivity index (χ3v) is 6.03. The molecule has 1 unspecified atom stereocenters. The second-order valence-corrected chi connectivity index (χ2v) is 7.92. The first-order valence-electron chi connectivity index (χ1n) is 6.15. The number of amides is 1. The molecule has 10 heteroatoms. The van der Waals surface area contributed by atoms with Crippen molar-refractivity contribution < 1.29 is 22.0 Å². The van der Waals surface area contributed by atoms with Gasteiger partial charge in [0, 0.05) is 11.3 Å². The summed E-state index contributed by atoms with van der Waals surface area (Å²) < 4.78 is 51.4. The zero-order valence-corrected chi connectivity index (χ0v) is 12.8. The number of rotatable bonds is 5. The second kappa shape index (κ2) is 5.95. The summed E-state index contributed by atoms with van der Waals surface area (Å²) in [4.78, 5) is 12.4. The first kappa shape index (κ1) is 16.3. The highest BCUT2D eigenvalue weighted by molar-refractivity contribution is 7.91. The Labute approximate surface area is 125 Å². The Morgan fingerprint density at radius 1 is 1.52 bits per heavy atom. The molecular weight excluding hydrogens is 324 g/mol. The molecule has 0 bridgehead atoms. The molecule has 1 aromatic rings. The van der Waals surface area contributed by atoms with Crippen LogP contribution in [0.5, 0.6) is 0 Å². The molecule has 0 saturated carbocycles. The van der Waals surface area contributed by atoms with Crippen molar-refractivity contribution in [3.63, 3.8) is 0 Å². The number of hydrogen-bond acceptors (Lipinski definition) is 5. The van der Waals surface area contributed by atoms with E-state index in [1.54, 1.807) is 6.07 Å². The smallest absolute Gasteiger partial charge is 0.262 e. The normalized spacial score (nSPS) is 21.4. The van der Waals surface area contributed by atoms with Gasteiger partial charge in [0.15, 0.2) is 0 Å². The predicted octanol–water partition coefficient (Wildman–Crippen LogP) is 0.270. The molecule has 1 aliphatic rings. The fourth-order valence-corrected chi connectivity index (χ4v) is 4.03. The van der Waals surface area contributed by atoms with Crippen LogP contribution < -0.4 is 15.4 Å². The average molecular weight is 339 g/mol. The fraction of sp³-hybridized carbons (Fsp3) is 0.545. The summed E-state index contributed by atoms with van der Waals surface area (Å²) in [7, 11) is -2.19. The van der Waals surface area contributed by atoms with Gasteiger partial charge in [-0.15, -0.1) is 11.3 Å². The van der Waals surface area contributed by atoms with Crippen LogP contribution in [0.4, 0.5) is 8.78 Å². The van der Waals surface area contributed by atoms with Gasteiger partial charge >= 0.3 is 0 Å². The molecule has 1 amide bonds. The van der Waals surface area contributed by atoms with Gasteiger partial charge in [0.1, 0.15) is 4.21 Å². The Balaban J connectivity index is 1.91. The van der Waals surface area contributed by atoms with E-state index in [-0.39, 0.29) is 10.8 Å². The Morgan fingerprint density at radius 2 is 2.24 bits per heavy atom. The highest BCUT2D eigenvalue weighted by atomic mass is 32.2.